The third-order valence-electron chi connectivity index (χ3n) is 5.52. The largest absolute Gasteiger partial charge is 0.483 e. The average Bonchev–Trinajstić information content (AvgIpc) is 2.88. The predicted octanol–water partition coefficient (Wildman–Crippen LogP) is 5.29. The van der Waals surface area contributed by atoms with E-state index in [-0.39, 0.29) is 29.9 Å². The summed E-state index contributed by atoms with van der Waals surface area (Å²) in [5.74, 6) is -0.678. The number of esters is 1. The Hall–Kier alpha value is -4.24. The van der Waals surface area contributed by atoms with Gasteiger partial charge in [0.2, 0.25) is 0 Å². The van der Waals surface area contributed by atoms with E-state index in [4.69, 9.17) is 21.1 Å². The highest BCUT2D eigenvalue weighted by Crippen LogP contribution is 2.35. The smallest absolute Gasteiger partial charge is 0.312 e. The molecule has 1 amide bonds. The molecular weight excluding hydrogens is 474 g/mol. The van der Waals surface area contributed by atoms with E-state index in [0.717, 1.165) is 5.56 Å². The lowest BCUT2D eigenvalue weighted by atomic mass is 10.0. The number of fused-ring (bicyclic) bond motifs is 1. The summed E-state index contributed by atoms with van der Waals surface area (Å²) in [4.78, 5) is 42.0. The number of nitrogens with zero attached hydrogens (tertiary/aromatic N) is 3. The van der Waals surface area contributed by atoms with Crippen LogP contribution in [-0.4, -0.2) is 36.4 Å². The molecular formula is C25H20ClN3O6. The lowest BCUT2D eigenvalue weighted by Gasteiger charge is -2.27. The molecule has 1 heterocycles. The van der Waals surface area contributed by atoms with Gasteiger partial charge < -0.3 is 9.47 Å². The summed E-state index contributed by atoms with van der Waals surface area (Å²) in [5.41, 5.74) is 1.84. The number of benzene rings is 3. The number of methoxy groups -OCH3 is 1. The number of nitro groups is 1. The molecule has 1 aliphatic rings. The van der Waals surface area contributed by atoms with Gasteiger partial charge in [-0.3, -0.25) is 24.6 Å². The minimum atomic E-state index is -0.518. The number of hydrogen-bond acceptors (Lipinski definition) is 7. The molecule has 0 radical (unpaired) electrons. The monoisotopic (exact) mass is 493 g/mol. The molecule has 4 rings (SSSR count). The van der Waals surface area contributed by atoms with E-state index in [1.54, 1.807) is 55.5 Å². The average molecular weight is 494 g/mol. The Balaban J connectivity index is 1.75. The van der Waals surface area contributed by atoms with E-state index in [2.05, 4.69) is 4.99 Å². The molecule has 1 atom stereocenters. The standard InChI is InChI=1S/C25H20ClN3O6/c1-15(25(31)34-2)16-5-9-19(10-6-16)28(24(30)17-3-7-18(26)8-4-17)23-14-35-22-13-20(29(32)33)11-12-21(22)27-23/h3-13,15H,14H2,1-2H3. The zero-order chi connectivity index (χ0) is 25.1. The van der Waals surface area contributed by atoms with Gasteiger partial charge in [-0.1, -0.05) is 23.7 Å². The van der Waals surface area contributed by atoms with Crippen molar-refractivity contribution in [1.82, 2.24) is 0 Å². The molecule has 10 heteroatoms. The van der Waals surface area contributed by atoms with Gasteiger partial charge in [0, 0.05) is 16.7 Å². The zero-order valence-corrected chi connectivity index (χ0v) is 19.6. The summed E-state index contributed by atoms with van der Waals surface area (Å²) in [6.45, 7) is 1.64. The van der Waals surface area contributed by atoms with E-state index in [1.807, 2.05) is 0 Å². The van der Waals surface area contributed by atoms with Crippen LogP contribution in [0.15, 0.2) is 71.7 Å². The zero-order valence-electron chi connectivity index (χ0n) is 18.8. The predicted molar refractivity (Wildman–Crippen MR) is 131 cm³/mol. The van der Waals surface area contributed by atoms with Crippen LogP contribution in [0.25, 0.3) is 0 Å². The van der Waals surface area contributed by atoms with E-state index in [1.165, 1.54) is 30.2 Å². The Morgan fingerprint density at radius 2 is 1.80 bits per heavy atom. The molecule has 3 aromatic carbocycles. The Morgan fingerprint density at radius 1 is 1.11 bits per heavy atom. The molecule has 0 bridgehead atoms. The minimum absolute atomic E-state index is 0.0895. The number of aliphatic imine (C=N–C) groups is 1. The van der Waals surface area contributed by atoms with Crippen molar-refractivity contribution in [3.63, 3.8) is 0 Å². The number of carbonyl (C=O) groups excluding carboxylic acids is 2. The highest BCUT2D eigenvalue weighted by atomic mass is 35.5. The van der Waals surface area contributed by atoms with Gasteiger partial charge in [-0.2, -0.15) is 0 Å². The fraction of sp³-hybridized carbons (Fsp3) is 0.160. The fourth-order valence-corrected chi connectivity index (χ4v) is 3.71. The van der Waals surface area contributed by atoms with Gasteiger partial charge in [0.1, 0.15) is 12.3 Å². The second-order valence-corrected chi connectivity index (χ2v) is 8.15. The summed E-state index contributed by atoms with van der Waals surface area (Å²) < 4.78 is 10.5. The van der Waals surface area contributed by atoms with Crippen LogP contribution in [0, 0.1) is 10.1 Å². The molecule has 1 aliphatic heterocycles. The van der Waals surface area contributed by atoms with Crippen molar-refractivity contribution < 1.29 is 24.0 Å². The molecule has 3 aromatic rings. The van der Waals surface area contributed by atoms with Crippen molar-refractivity contribution in [2.24, 2.45) is 4.99 Å². The number of carbonyl (C=O) groups is 2. The minimum Gasteiger partial charge on any atom is -0.483 e. The number of hydrogen-bond donors (Lipinski definition) is 0. The summed E-state index contributed by atoms with van der Waals surface area (Å²) in [6.07, 6.45) is 0. The third-order valence-corrected chi connectivity index (χ3v) is 5.77. The SMILES string of the molecule is COC(=O)C(C)c1ccc(N(C(=O)c2ccc(Cl)cc2)C2=Nc3ccc([N+](=O)[O-])cc3OC2)cc1. The van der Waals surface area contributed by atoms with Gasteiger partial charge in [-0.15, -0.1) is 0 Å². The first-order valence-electron chi connectivity index (χ1n) is 10.5. The van der Waals surface area contributed by atoms with Gasteiger partial charge in [0.15, 0.2) is 11.6 Å². The molecule has 1 unspecified atom stereocenters. The lowest BCUT2D eigenvalue weighted by molar-refractivity contribution is -0.384. The maximum atomic E-state index is 13.6. The summed E-state index contributed by atoms with van der Waals surface area (Å²) in [6, 6.07) is 17.4. The second kappa shape index (κ2) is 9.94. The quantitative estimate of drug-likeness (QED) is 0.271. The van der Waals surface area contributed by atoms with Crippen molar-refractivity contribution >= 4 is 46.4 Å². The third kappa shape index (κ3) is 4.99. The van der Waals surface area contributed by atoms with E-state index < -0.39 is 10.8 Å². The van der Waals surface area contributed by atoms with Gasteiger partial charge >= 0.3 is 5.97 Å². The second-order valence-electron chi connectivity index (χ2n) is 7.71. The fourth-order valence-electron chi connectivity index (χ4n) is 3.58. The van der Waals surface area contributed by atoms with Crippen LogP contribution >= 0.6 is 11.6 Å². The van der Waals surface area contributed by atoms with Crippen molar-refractivity contribution in [3.8, 4) is 5.75 Å². The molecule has 0 spiro atoms. The van der Waals surface area contributed by atoms with E-state index in [0.29, 0.717) is 27.8 Å². The highest BCUT2D eigenvalue weighted by Gasteiger charge is 2.28. The molecule has 0 aliphatic carbocycles. The first kappa shape index (κ1) is 23.9. The normalized spacial score (nSPS) is 13.1. The number of nitro benzene ring substituents is 1. The van der Waals surface area contributed by atoms with Crippen molar-refractivity contribution in [3.05, 3.63) is 93.0 Å². The van der Waals surface area contributed by atoms with Gasteiger partial charge in [0.05, 0.1) is 29.7 Å². The van der Waals surface area contributed by atoms with Gasteiger partial charge in [0.25, 0.3) is 11.6 Å². The number of rotatable bonds is 5. The Morgan fingerprint density at radius 3 is 2.43 bits per heavy atom. The summed E-state index contributed by atoms with van der Waals surface area (Å²) in [7, 11) is 1.33. The van der Waals surface area contributed by atoms with Crippen LogP contribution in [0.2, 0.25) is 5.02 Å². The molecule has 0 saturated carbocycles. The lowest BCUT2D eigenvalue weighted by Crippen LogP contribution is -2.41. The van der Waals surface area contributed by atoms with Crippen LogP contribution in [0.4, 0.5) is 17.1 Å². The molecule has 0 fully saturated rings. The maximum absolute atomic E-state index is 13.6. The van der Waals surface area contributed by atoms with E-state index in [9.17, 15) is 19.7 Å². The van der Waals surface area contributed by atoms with Crippen LogP contribution < -0.4 is 9.64 Å². The van der Waals surface area contributed by atoms with E-state index >= 15 is 0 Å². The molecule has 0 aromatic heterocycles. The van der Waals surface area contributed by atoms with Crippen LogP contribution in [-0.2, 0) is 9.53 Å². The van der Waals surface area contributed by atoms with Crippen LogP contribution in [0.1, 0.15) is 28.8 Å². The van der Waals surface area contributed by atoms with Gasteiger partial charge in [-0.25, -0.2) is 4.99 Å². The molecule has 178 valence electrons. The Kier molecular flexibility index (Phi) is 6.79. The molecule has 35 heavy (non-hydrogen) atoms. The summed E-state index contributed by atoms with van der Waals surface area (Å²) in [5, 5.41) is 11.6. The van der Waals surface area contributed by atoms with Crippen LogP contribution in [0.5, 0.6) is 5.75 Å². The maximum Gasteiger partial charge on any atom is 0.312 e. The first-order valence-corrected chi connectivity index (χ1v) is 10.9. The Bertz CT molecular complexity index is 1320. The molecule has 0 N–H and O–H groups in total. The first-order chi connectivity index (χ1) is 16.8. The van der Waals surface area contributed by atoms with Gasteiger partial charge in [-0.05, 0) is 55.0 Å². The van der Waals surface area contributed by atoms with Crippen molar-refractivity contribution in [1.29, 1.82) is 0 Å². The highest BCUT2D eigenvalue weighted by molar-refractivity contribution is 6.31. The number of anilines is 1. The summed E-state index contributed by atoms with van der Waals surface area (Å²) >= 11 is 5.98. The number of amidine groups is 1. The Labute approximate surface area is 205 Å². The van der Waals surface area contributed by atoms with Crippen LogP contribution in [0.3, 0.4) is 0 Å². The number of halogens is 1. The molecule has 9 nitrogen and oxygen atoms in total. The topological polar surface area (TPSA) is 111 Å². The number of ether oxygens (including phenoxy) is 2. The van der Waals surface area contributed by atoms with Crippen molar-refractivity contribution in [2.45, 2.75) is 12.8 Å². The number of amides is 1. The van der Waals surface area contributed by atoms with Crippen molar-refractivity contribution in [2.75, 3.05) is 18.6 Å². The number of non-ortho nitro benzene ring substituents is 1. The molecule has 0 saturated heterocycles.